The lowest BCUT2D eigenvalue weighted by Crippen LogP contribution is -2.18. The number of rotatable bonds is 6. The van der Waals surface area contributed by atoms with Crippen molar-refractivity contribution in [3.63, 3.8) is 0 Å². The molecule has 0 bridgehead atoms. The molecule has 0 radical (unpaired) electrons. The number of fused-ring (bicyclic) bond motifs is 2. The summed E-state index contributed by atoms with van der Waals surface area (Å²) in [7, 11) is 2.86. The maximum absolute atomic E-state index is 14.6. The van der Waals surface area contributed by atoms with Crippen LogP contribution < -0.4 is 9.47 Å². The zero-order valence-corrected chi connectivity index (χ0v) is 19.4. The van der Waals surface area contributed by atoms with E-state index in [0.29, 0.717) is 45.5 Å². The van der Waals surface area contributed by atoms with Crippen LogP contribution in [0.4, 0.5) is 17.6 Å². The molecule has 0 aromatic carbocycles. The van der Waals surface area contributed by atoms with E-state index < -0.39 is 18.7 Å². The molecule has 10 nitrogen and oxygen atoms in total. The average molecular weight is 514 g/mol. The van der Waals surface area contributed by atoms with Crippen molar-refractivity contribution in [1.82, 2.24) is 39.3 Å². The fourth-order valence-electron chi connectivity index (χ4n) is 4.50. The lowest BCUT2D eigenvalue weighted by molar-refractivity contribution is -0.141. The van der Waals surface area contributed by atoms with Gasteiger partial charge in [0.25, 0.3) is 0 Å². The Labute approximate surface area is 205 Å². The number of imidazole rings is 1. The van der Waals surface area contributed by atoms with Crippen molar-refractivity contribution in [2.45, 2.75) is 31.0 Å². The van der Waals surface area contributed by atoms with E-state index in [9.17, 15) is 17.6 Å². The zero-order chi connectivity index (χ0) is 25.9. The topological polar surface area (TPSA) is 105 Å². The third-order valence-corrected chi connectivity index (χ3v) is 6.28. The van der Waals surface area contributed by atoms with Crippen LogP contribution in [0.2, 0.25) is 0 Å². The second kappa shape index (κ2) is 8.35. The molecule has 1 aliphatic carbocycles. The van der Waals surface area contributed by atoms with Crippen LogP contribution in [0.5, 0.6) is 11.9 Å². The maximum Gasteiger partial charge on any atom is 0.408 e. The zero-order valence-electron chi connectivity index (χ0n) is 19.4. The van der Waals surface area contributed by atoms with Crippen LogP contribution in [0.15, 0.2) is 36.9 Å². The Balaban J connectivity index is 1.40. The van der Waals surface area contributed by atoms with Crippen LogP contribution in [0.25, 0.3) is 27.8 Å². The van der Waals surface area contributed by atoms with E-state index in [0.717, 1.165) is 15.4 Å². The number of alkyl halides is 3. The van der Waals surface area contributed by atoms with Crippen LogP contribution in [0.3, 0.4) is 0 Å². The van der Waals surface area contributed by atoms with Crippen molar-refractivity contribution in [2.24, 2.45) is 0 Å². The Kier molecular flexibility index (Phi) is 5.21. The molecule has 6 rings (SSSR count). The van der Waals surface area contributed by atoms with Crippen molar-refractivity contribution in [3.05, 3.63) is 54.1 Å². The molecule has 5 aromatic rings. The first-order chi connectivity index (χ1) is 17.8. The summed E-state index contributed by atoms with van der Waals surface area (Å²) >= 11 is 0. The molecule has 2 atom stereocenters. The Hall–Kier alpha value is -4.36. The molecular formula is C23H18F4N8O2. The van der Waals surface area contributed by atoms with Crippen molar-refractivity contribution in [3.8, 4) is 23.1 Å². The van der Waals surface area contributed by atoms with Gasteiger partial charge in [-0.05, 0) is 24.5 Å². The van der Waals surface area contributed by atoms with Crippen LogP contribution in [-0.2, 0) is 6.54 Å². The van der Waals surface area contributed by atoms with Crippen LogP contribution in [0.1, 0.15) is 29.5 Å². The van der Waals surface area contributed by atoms with Gasteiger partial charge in [-0.25, -0.2) is 9.97 Å². The fraction of sp³-hybridized carbons (Fsp3) is 0.304. The third-order valence-electron chi connectivity index (χ3n) is 6.28. The van der Waals surface area contributed by atoms with E-state index in [4.69, 9.17) is 9.47 Å². The minimum Gasteiger partial charge on any atom is -0.480 e. The molecular weight excluding hydrogens is 496 g/mol. The summed E-state index contributed by atoms with van der Waals surface area (Å²) in [4.78, 5) is 16.9. The first kappa shape index (κ1) is 23.1. The van der Waals surface area contributed by atoms with Gasteiger partial charge in [0.2, 0.25) is 11.8 Å². The highest BCUT2D eigenvalue weighted by Crippen LogP contribution is 2.55. The SMILES string of the molecule is COc1ncc(-c2cc([C@@H]3C[C@H]3c3cc4c(cn3)cnn4CC(F)(F)F)c3ncc(F)n3n2)c(OC)n1. The van der Waals surface area contributed by atoms with Crippen molar-refractivity contribution < 1.29 is 27.0 Å². The van der Waals surface area contributed by atoms with Gasteiger partial charge in [-0.2, -0.15) is 37.3 Å². The molecule has 1 fully saturated rings. The standard InChI is InChI=1S/C23H18F4N8O2/c1-36-21-15(8-30-22(32-21)37-2)17-4-14(20-29-9-19(24)35(20)33-17)12-3-13(12)16-5-18-11(6-28-16)7-31-34(18)10-23(25,26)27/h4-9,12-13H,3,10H2,1-2H3/t12-,13-/m1/s1. The largest absolute Gasteiger partial charge is 0.480 e. The molecule has 190 valence electrons. The van der Waals surface area contributed by atoms with Gasteiger partial charge in [-0.15, -0.1) is 0 Å². The monoisotopic (exact) mass is 514 g/mol. The van der Waals surface area contributed by atoms with Gasteiger partial charge < -0.3 is 9.47 Å². The highest BCUT2D eigenvalue weighted by Gasteiger charge is 2.43. The van der Waals surface area contributed by atoms with Gasteiger partial charge in [0, 0.05) is 35.0 Å². The average Bonchev–Trinajstić information content (AvgIpc) is 3.47. The molecule has 0 amide bonds. The molecule has 5 heterocycles. The summed E-state index contributed by atoms with van der Waals surface area (Å²) in [6.45, 7) is -1.19. The summed E-state index contributed by atoms with van der Waals surface area (Å²) in [5, 5.41) is 8.73. The van der Waals surface area contributed by atoms with Gasteiger partial charge in [0.1, 0.15) is 6.54 Å². The van der Waals surface area contributed by atoms with Crippen LogP contribution in [-0.4, -0.2) is 59.7 Å². The predicted molar refractivity (Wildman–Crippen MR) is 121 cm³/mol. The van der Waals surface area contributed by atoms with E-state index in [1.54, 1.807) is 12.1 Å². The van der Waals surface area contributed by atoms with Crippen LogP contribution in [0, 0.1) is 5.95 Å². The molecule has 0 unspecified atom stereocenters. The van der Waals surface area contributed by atoms with E-state index in [2.05, 4.69) is 30.1 Å². The Bertz CT molecular complexity index is 1650. The van der Waals surface area contributed by atoms with Crippen LogP contribution >= 0.6 is 0 Å². The fourth-order valence-corrected chi connectivity index (χ4v) is 4.50. The van der Waals surface area contributed by atoms with Gasteiger partial charge in [0.15, 0.2) is 5.65 Å². The van der Waals surface area contributed by atoms with E-state index in [-0.39, 0.29) is 23.7 Å². The smallest absolute Gasteiger partial charge is 0.408 e. The summed E-state index contributed by atoms with van der Waals surface area (Å²) in [6.07, 6.45) is 1.67. The van der Waals surface area contributed by atoms with Crippen molar-refractivity contribution in [1.29, 1.82) is 0 Å². The second-order valence-electron chi connectivity index (χ2n) is 8.61. The highest BCUT2D eigenvalue weighted by atomic mass is 19.4. The molecule has 0 saturated heterocycles. The number of pyridine rings is 1. The molecule has 1 aliphatic rings. The number of hydrogen-bond acceptors (Lipinski definition) is 8. The molecule has 37 heavy (non-hydrogen) atoms. The molecule has 1 saturated carbocycles. The summed E-state index contributed by atoms with van der Waals surface area (Å²) in [6, 6.07) is 3.50. The molecule has 5 aromatic heterocycles. The van der Waals surface area contributed by atoms with Gasteiger partial charge in [0.05, 0.1) is 43.4 Å². The number of halogens is 4. The number of aromatic nitrogens is 8. The molecule has 14 heteroatoms. The summed E-state index contributed by atoms with van der Waals surface area (Å²) < 4.78 is 65.9. The number of nitrogens with zero attached hydrogens (tertiary/aromatic N) is 8. The summed E-state index contributed by atoms with van der Waals surface area (Å²) in [5.41, 5.74) is 2.80. The number of hydrogen-bond donors (Lipinski definition) is 0. The molecule has 0 aliphatic heterocycles. The predicted octanol–water partition coefficient (Wildman–Crippen LogP) is 3.92. The number of ether oxygens (including phenoxy) is 2. The lowest BCUT2D eigenvalue weighted by Gasteiger charge is -2.11. The van der Waals surface area contributed by atoms with Gasteiger partial charge >= 0.3 is 12.2 Å². The highest BCUT2D eigenvalue weighted by molar-refractivity contribution is 5.78. The normalized spacial score (nSPS) is 17.5. The third kappa shape index (κ3) is 4.07. The minimum absolute atomic E-state index is 0.101. The second-order valence-corrected chi connectivity index (χ2v) is 8.61. The number of methoxy groups -OCH3 is 2. The maximum atomic E-state index is 14.6. The van der Waals surface area contributed by atoms with E-state index in [1.165, 1.54) is 32.8 Å². The Morgan fingerprint density at radius 3 is 2.59 bits per heavy atom. The quantitative estimate of drug-likeness (QED) is 0.314. The minimum atomic E-state index is -4.40. The molecule has 0 N–H and O–H groups in total. The Morgan fingerprint density at radius 1 is 1.00 bits per heavy atom. The first-order valence-electron chi connectivity index (χ1n) is 11.1. The van der Waals surface area contributed by atoms with E-state index in [1.807, 2.05) is 0 Å². The van der Waals surface area contributed by atoms with E-state index >= 15 is 0 Å². The lowest BCUT2D eigenvalue weighted by atomic mass is 10.1. The van der Waals surface area contributed by atoms with Gasteiger partial charge in [-0.1, -0.05) is 0 Å². The molecule has 0 spiro atoms. The van der Waals surface area contributed by atoms with Crippen molar-refractivity contribution in [2.75, 3.05) is 14.2 Å². The van der Waals surface area contributed by atoms with Gasteiger partial charge in [-0.3, -0.25) is 9.67 Å². The Morgan fingerprint density at radius 2 is 1.84 bits per heavy atom. The first-order valence-corrected chi connectivity index (χ1v) is 11.1. The van der Waals surface area contributed by atoms with Crippen molar-refractivity contribution >= 4 is 16.6 Å². The summed E-state index contributed by atoms with van der Waals surface area (Å²) in [5.74, 6) is -0.673.